The fraction of sp³-hybridized carbons (Fsp3) is 0.200. The molecule has 0 amide bonds. The molecule has 0 aliphatic heterocycles. The Labute approximate surface area is 116 Å². The van der Waals surface area contributed by atoms with Crippen LogP contribution < -0.4 is 5.32 Å². The maximum atomic E-state index is 13.1. The van der Waals surface area contributed by atoms with Crippen LogP contribution in [0.15, 0.2) is 48.8 Å². The summed E-state index contributed by atoms with van der Waals surface area (Å²) in [6.45, 7) is 0.319. The summed E-state index contributed by atoms with van der Waals surface area (Å²) in [4.78, 5) is 15.6. The lowest BCUT2D eigenvalue weighted by Gasteiger charge is -2.16. The number of hydrogen-bond acceptors (Lipinski definition) is 4. The van der Waals surface area contributed by atoms with Crippen molar-refractivity contribution in [2.75, 3.05) is 7.11 Å². The fourth-order valence-corrected chi connectivity index (χ4v) is 1.87. The molecule has 1 atom stereocenters. The predicted molar refractivity (Wildman–Crippen MR) is 72.2 cm³/mol. The maximum Gasteiger partial charge on any atom is 0.327 e. The summed E-state index contributed by atoms with van der Waals surface area (Å²) in [7, 11) is 1.34. The van der Waals surface area contributed by atoms with Crippen LogP contribution in [0.5, 0.6) is 0 Å². The first kappa shape index (κ1) is 14.1. The van der Waals surface area contributed by atoms with E-state index < -0.39 is 11.9 Å². The van der Waals surface area contributed by atoms with Crippen molar-refractivity contribution < 1.29 is 13.9 Å². The smallest absolute Gasteiger partial charge is 0.327 e. The zero-order chi connectivity index (χ0) is 14.4. The van der Waals surface area contributed by atoms with Crippen LogP contribution >= 0.6 is 0 Å². The van der Waals surface area contributed by atoms with Gasteiger partial charge in [-0.05, 0) is 17.2 Å². The fourth-order valence-electron chi connectivity index (χ4n) is 1.87. The van der Waals surface area contributed by atoms with Crippen LogP contribution in [0, 0.1) is 5.82 Å². The number of pyridine rings is 1. The van der Waals surface area contributed by atoms with E-state index in [1.165, 1.54) is 13.2 Å². The van der Waals surface area contributed by atoms with Gasteiger partial charge >= 0.3 is 5.97 Å². The van der Waals surface area contributed by atoms with Crippen LogP contribution in [0.2, 0.25) is 0 Å². The number of aromatic nitrogens is 1. The Morgan fingerprint density at radius 2 is 2.10 bits per heavy atom. The average Bonchev–Trinajstić information content (AvgIpc) is 2.48. The number of nitrogens with zero attached hydrogens (tertiary/aromatic N) is 1. The first-order valence-electron chi connectivity index (χ1n) is 6.16. The van der Waals surface area contributed by atoms with E-state index in [0.29, 0.717) is 12.1 Å². The molecule has 0 saturated carbocycles. The molecule has 1 N–H and O–H groups in total. The Bertz CT molecular complexity index is 575. The SMILES string of the molecule is COC(=O)C(NCc1cncc(F)c1)c1ccccc1. The Hall–Kier alpha value is -2.27. The summed E-state index contributed by atoms with van der Waals surface area (Å²) in [5.41, 5.74) is 1.46. The van der Waals surface area contributed by atoms with Crippen molar-refractivity contribution in [3.8, 4) is 0 Å². The maximum absolute atomic E-state index is 13.1. The van der Waals surface area contributed by atoms with E-state index >= 15 is 0 Å². The van der Waals surface area contributed by atoms with Crippen LogP contribution in [0.4, 0.5) is 4.39 Å². The highest BCUT2D eigenvalue weighted by molar-refractivity contribution is 5.77. The minimum absolute atomic E-state index is 0.319. The van der Waals surface area contributed by atoms with E-state index in [-0.39, 0.29) is 5.97 Å². The number of methoxy groups -OCH3 is 1. The molecule has 0 spiro atoms. The lowest BCUT2D eigenvalue weighted by atomic mass is 10.1. The van der Waals surface area contributed by atoms with Crippen molar-refractivity contribution in [3.05, 3.63) is 65.7 Å². The van der Waals surface area contributed by atoms with Crippen molar-refractivity contribution >= 4 is 5.97 Å². The molecule has 0 fully saturated rings. The molecule has 4 nitrogen and oxygen atoms in total. The molecule has 0 aliphatic rings. The molecular formula is C15H15FN2O2. The van der Waals surface area contributed by atoms with E-state index in [2.05, 4.69) is 10.3 Å². The van der Waals surface area contributed by atoms with Gasteiger partial charge in [0.2, 0.25) is 0 Å². The van der Waals surface area contributed by atoms with Crippen LogP contribution in [0.3, 0.4) is 0 Å². The summed E-state index contributed by atoms with van der Waals surface area (Å²) in [6.07, 6.45) is 2.69. The van der Waals surface area contributed by atoms with Crippen LogP contribution in [0.25, 0.3) is 0 Å². The average molecular weight is 274 g/mol. The molecule has 5 heteroatoms. The number of nitrogens with one attached hydrogen (secondary N) is 1. The minimum Gasteiger partial charge on any atom is -0.468 e. The van der Waals surface area contributed by atoms with Crippen molar-refractivity contribution in [3.63, 3.8) is 0 Å². The predicted octanol–water partition coefficient (Wildman–Crippen LogP) is 2.22. The Morgan fingerprint density at radius 1 is 1.35 bits per heavy atom. The van der Waals surface area contributed by atoms with Gasteiger partial charge in [0.15, 0.2) is 0 Å². The number of carbonyl (C=O) groups excluding carboxylic acids is 1. The summed E-state index contributed by atoms with van der Waals surface area (Å²) in [5.74, 6) is -0.792. The Balaban J connectivity index is 2.11. The zero-order valence-corrected chi connectivity index (χ0v) is 11.0. The van der Waals surface area contributed by atoms with Crippen LogP contribution in [-0.4, -0.2) is 18.1 Å². The summed E-state index contributed by atoms with van der Waals surface area (Å²) >= 11 is 0. The quantitative estimate of drug-likeness (QED) is 0.849. The van der Waals surface area contributed by atoms with Gasteiger partial charge in [0.05, 0.1) is 13.3 Å². The third-order valence-corrected chi connectivity index (χ3v) is 2.84. The van der Waals surface area contributed by atoms with Crippen molar-refractivity contribution in [1.29, 1.82) is 0 Å². The first-order chi connectivity index (χ1) is 9.70. The number of rotatable bonds is 5. The van der Waals surface area contributed by atoms with Gasteiger partial charge in [0, 0.05) is 12.7 Å². The van der Waals surface area contributed by atoms with Crippen molar-refractivity contribution in [1.82, 2.24) is 10.3 Å². The van der Waals surface area contributed by atoms with Gasteiger partial charge in [-0.2, -0.15) is 0 Å². The number of benzene rings is 1. The lowest BCUT2D eigenvalue weighted by Crippen LogP contribution is -2.29. The van der Waals surface area contributed by atoms with Crippen molar-refractivity contribution in [2.45, 2.75) is 12.6 Å². The highest BCUT2D eigenvalue weighted by atomic mass is 19.1. The largest absolute Gasteiger partial charge is 0.468 e. The molecule has 1 unspecified atom stereocenters. The van der Waals surface area contributed by atoms with Gasteiger partial charge < -0.3 is 4.74 Å². The van der Waals surface area contributed by atoms with Gasteiger partial charge in [-0.15, -0.1) is 0 Å². The molecule has 2 aromatic rings. The van der Waals surface area contributed by atoms with Crippen LogP contribution in [-0.2, 0) is 16.1 Å². The van der Waals surface area contributed by atoms with Gasteiger partial charge in [0.1, 0.15) is 11.9 Å². The van der Waals surface area contributed by atoms with Crippen molar-refractivity contribution in [2.24, 2.45) is 0 Å². The second-order valence-corrected chi connectivity index (χ2v) is 4.26. The molecule has 20 heavy (non-hydrogen) atoms. The normalized spacial score (nSPS) is 11.9. The second-order valence-electron chi connectivity index (χ2n) is 4.26. The third kappa shape index (κ3) is 3.61. The molecule has 1 aromatic heterocycles. The van der Waals surface area contributed by atoms with E-state index in [0.717, 1.165) is 11.8 Å². The first-order valence-corrected chi connectivity index (χ1v) is 6.16. The van der Waals surface area contributed by atoms with E-state index in [4.69, 9.17) is 4.74 Å². The molecule has 0 bridgehead atoms. The van der Waals surface area contributed by atoms with E-state index in [9.17, 15) is 9.18 Å². The molecule has 1 heterocycles. The zero-order valence-electron chi connectivity index (χ0n) is 11.0. The van der Waals surface area contributed by atoms with Gasteiger partial charge in [0.25, 0.3) is 0 Å². The van der Waals surface area contributed by atoms with Crippen LogP contribution in [0.1, 0.15) is 17.2 Å². The van der Waals surface area contributed by atoms with E-state index in [1.54, 1.807) is 6.20 Å². The number of esters is 1. The molecular weight excluding hydrogens is 259 g/mol. The monoisotopic (exact) mass is 274 g/mol. The topological polar surface area (TPSA) is 51.2 Å². The summed E-state index contributed by atoms with van der Waals surface area (Å²) in [5, 5.41) is 3.05. The molecule has 0 saturated heterocycles. The number of hydrogen-bond donors (Lipinski definition) is 1. The van der Waals surface area contributed by atoms with Gasteiger partial charge in [-0.1, -0.05) is 30.3 Å². The lowest BCUT2D eigenvalue weighted by molar-refractivity contribution is -0.143. The summed E-state index contributed by atoms with van der Waals surface area (Å²) < 4.78 is 17.8. The number of carbonyl (C=O) groups is 1. The van der Waals surface area contributed by atoms with Gasteiger partial charge in [-0.3, -0.25) is 10.3 Å². The second kappa shape index (κ2) is 6.77. The molecule has 1 aromatic carbocycles. The van der Waals surface area contributed by atoms with Gasteiger partial charge in [-0.25, -0.2) is 9.18 Å². The minimum atomic E-state index is -0.593. The third-order valence-electron chi connectivity index (χ3n) is 2.84. The number of ether oxygens (including phenoxy) is 1. The molecule has 0 aliphatic carbocycles. The highest BCUT2D eigenvalue weighted by Crippen LogP contribution is 2.15. The van der Waals surface area contributed by atoms with E-state index in [1.807, 2.05) is 30.3 Å². The molecule has 0 radical (unpaired) electrons. The standard InChI is InChI=1S/C15H15FN2O2/c1-20-15(19)14(12-5-3-2-4-6-12)18-9-11-7-13(16)10-17-8-11/h2-8,10,14,18H,9H2,1H3. The Morgan fingerprint density at radius 3 is 2.75 bits per heavy atom. The summed E-state index contributed by atoms with van der Waals surface area (Å²) in [6, 6.07) is 10.0. The Kier molecular flexibility index (Phi) is 4.79. The number of halogens is 1. The molecule has 104 valence electrons. The highest BCUT2D eigenvalue weighted by Gasteiger charge is 2.20. The molecule has 2 rings (SSSR count).